The van der Waals surface area contributed by atoms with E-state index in [0.29, 0.717) is 53.1 Å². The van der Waals surface area contributed by atoms with Crippen molar-refractivity contribution in [2.45, 2.75) is 9.79 Å². The summed E-state index contributed by atoms with van der Waals surface area (Å²) in [6.45, 7) is 8.55. The van der Waals surface area contributed by atoms with Gasteiger partial charge >= 0.3 is 13.7 Å². The average molecular weight is 1090 g/mol. The number of aromatic nitrogens is 4. The van der Waals surface area contributed by atoms with E-state index < -0.39 is 13.7 Å². The highest BCUT2D eigenvalue weighted by atomic mass is 35.5. The standard InChI is InChI=1S/C62H40B2Cl2N6S4/c1-68-56(62-70-51-37-46(66)29-35-53(51)76-62)60-55-54(57(39-24-30-47(73-2)31-25-39)72(60)64(43-20-12-6-13-21-43)44-22-14-7-15-23-44)59(49(38-67)61-69-50-36-45(65)28-34-52(50)75-61)71(58(55)40-26-32-48(74-3)33-27-40)63(41-16-8-4-9-17-41)42-18-10-5-11-19-42/h4-37H,2-3H3/b59-49-,60-56?. The molecular weight excluding hydrogens is 1050 g/mol. The van der Waals surface area contributed by atoms with Crippen molar-refractivity contribution in [1.82, 2.24) is 18.9 Å². The summed E-state index contributed by atoms with van der Waals surface area (Å²) in [7, 11) is 0. The maximum atomic E-state index is 12.2. The average Bonchev–Trinajstić information content (AvgIpc) is 4.43. The molecule has 76 heavy (non-hydrogen) atoms. The number of thioether (sulfide) groups is 2. The Hall–Kier alpha value is -7.51. The molecule has 12 rings (SSSR count). The second kappa shape index (κ2) is 21.3. The molecule has 0 amide bonds. The monoisotopic (exact) mass is 1090 g/mol. The molecule has 362 valence electrons. The van der Waals surface area contributed by atoms with E-state index in [-0.39, 0.29) is 0 Å². The van der Waals surface area contributed by atoms with E-state index in [2.05, 4.69) is 178 Å². The van der Waals surface area contributed by atoms with Gasteiger partial charge in [0.1, 0.15) is 21.7 Å². The molecule has 12 aromatic rings. The van der Waals surface area contributed by atoms with Gasteiger partial charge in [0.05, 0.1) is 32.4 Å². The Kier molecular flexibility index (Phi) is 13.8. The second-order valence-corrected chi connectivity index (χ2v) is 22.7. The number of halogens is 2. The highest BCUT2D eigenvalue weighted by molar-refractivity contribution is 7.98. The van der Waals surface area contributed by atoms with E-state index in [0.717, 1.165) is 74.3 Å². The minimum atomic E-state index is -0.500. The summed E-state index contributed by atoms with van der Waals surface area (Å²) < 4.78 is 6.54. The predicted molar refractivity (Wildman–Crippen MR) is 327 cm³/mol. The molecule has 4 heterocycles. The third-order valence-electron chi connectivity index (χ3n) is 13.7. The Balaban J connectivity index is 1.45. The number of hydrogen-bond donors (Lipinski definition) is 0. The van der Waals surface area contributed by atoms with Crippen molar-refractivity contribution in [1.29, 1.82) is 5.26 Å². The van der Waals surface area contributed by atoms with Crippen LogP contribution in [-0.4, -0.2) is 45.1 Å². The Labute approximate surface area is 467 Å². The number of rotatable bonds is 12. The molecule has 0 fully saturated rings. The van der Waals surface area contributed by atoms with Crippen LogP contribution >= 0.6 is 69.4 Å². The molecule has 6 nitrogen and oxygen atoms in total. The summed E-state index contributed by atoms with van der Waals surface area (Å²) in [5.74, 6) is 0. The SMILES string of the molecule is [C-]#[N+]C(c1nc2cc(Cl)ccc2s1)=c1c2c(-c3ccc(SC)cc3)n(B(c3ccccc3)c3ccccc3)/c(=C(/C#N)c3nc4cc(Cl)ccc4s3)c2c(-c2ccc(SC)cc2)n1B(c1ccccc1)c1ccccc1. The zero-order chi connectivity index (χ0) is 51.9. The summed E-state index contributed by atoms with van der Waals surface area (Å²) >= 11 is 19.6. The van der Waals surface area contributed by atoms with Crippen LogP contribution in [0.1, 0.15) is 10.0 Å². The zero-order valence-electron chi connectivity index (χ0n) is 40.9. The largest absolute Gasteiger partial charge is 0.384 e. The van der Waals surface area contributed by atoms with Gasteiger partial charge in [0.25, 0.3) is 0 Å². The normalized spacial score (nSPS) is 12.2. The van der Waals surface area contributed by atoms with Gasteiger partial charge in [0.15, 0.2) is 0 Å². The lowest BCUT2D eigenvalue weighted by Crippen LogP contribution is -2.54. The highest BCUT2D eigenvalue weighted by Crippen LogP contribution is 2.39. The van der Waals surface area contributed by atoms with Gasteiger partial charge in [0, 0.05) is 47.3 Å². The molecule has 0 aliphatic rings. The summed E-state index contributed by atoms with van der Waals surface area (Å²) in [4.78, 5) is 17.4. The van der Waals surface area contributed by atoms with Crippen LogP contribution in [0.3, 0.4) is 0 Å². The smallest absolute Gasteiger partial charge is 0.328 e. The van der Waals surface area contributed by atoms with Crippen LogP contribution in [0, 0.1) is 17.9 Å². The van der Waals surface area contributed by atoms with E-state index in [9.17, 15) is 11.8 Å². The molecule has 0 aliphatic heterocycles. The maximum absolute atomic E-state index is 12.2. The van der Waals surface area contributed by atoms with Crippen molar-refractivity contribution in [3.63, 3.8) is 0 Å². The van der Waals surface area contributed by atoms with Crippen molar-refractivity contribution in [3.8, 4) is 28.6 Å². The topological polar surface area (TPSA) is 63.8 Å². The fourth-order valence-corrected chi connectivity index (χ4v) is 13.4. The minimum absolute atomic E-state index is 0.362. The summed E-state index contributed by atoms with van der Waals surface area (Å²) in [5.41, 5.74) is 9.63. The van der Waals surface area contributed by atoms with Gasteiger partial charge in [-0.3, -0.25) is 0 Å². The van der Waals surface area contributed by atoms with Crippen LogP contribution in [0.4, 0.5) is 0 Å². The Morgan fingerprint density at radius 2 is 0.908 bits per heavy atom. The van der Waals surface area contributed by atoms with Crippen LogP contribution in [-0.2, 0) is 0 Å². The first-order chi connectivity index (χ1) is 37.3. The van der Waals surface area contributed by atoms with Gasteiger partial charge < -0.3 is 8.96 Å². The Bertz CT molecular complexity index is 4000. The molecule has 0 saturated carbocycles. The van der Waals surface area contributed by atoms with Gasteiger partial charge in [0.2, 0.25) is 5.70 Å². The third-order valence-corrected chi connectivity index (χ3v) is 17.7. The lowest BCUT2D eigenvalue weighted by molar-refractivity contribution is 1.13. The third kappa shape index (κ3) is 8.95. The van der Waals surface area contributed by atoms with Gasteiger partial charge in [-0.15, -0.1) is 46.2 Å². The molecule has 0 saturated heterocycles. The van der Waals surface area contributed by atoms with Crippen LogP contribution in [0.25, 0.3) is 69.8 Å². The fraction of sp³-hybridized carbons (Fsp3) is 0.0323. The Morgan fingerprint density at radius 3 is 1.30 bits per heavy atom. The van der Waals surface area contributed by atoms with Gasteiger partial charge in [-0.25, -0.2) is 14.8 Å². The number of benzene rings is 8. The molecule has 8 aromatic carbocycles. The number of nitrogens with zero attached hydrogens (tertiary/aromatic N) is 6. The lowest BCUT2D eigenvalue weighted by atomic mass is 9.50. The first-order valence-electron chi connectivity index (χ1n) is 24.3. The molecule has 14 heteroatoms. The molecule has 0 radical (unpaired) electrons. The number of hydrogen-bond acceptors (Lipinski definition) is 7. The summed E-state index contributed by atoms with van der Waals surface area (Å²) in [5, 5.41) is 17.4. The van der Waals surface area contributed by atoms with Crippen molar-refractivity contribution in [2.24, 2.45) is 0 Å². The van der Waals surface area contributed by atoms with E-state index in [1.807, 2.05) is 60.7 Å². The van der Waals surface area contributed by atoms with E-state index >= 15 is 0 Å². The molecule has 4 aromatic heterocycles. The quantitative estimate of drug-likeness (QED) is 0.0693. The van der Waals surface area contributed by atoms with Gasteiger partial charge in [-0.05, 0) is 84.3 Å². The zero-order valence-corrected chi connectivity index (χ0v) is 45.6. The molecule has 0 unspecified atom stereocenters. The lowest BCUT2D eigenvalue weighted by Gasteiger charge is -2.24. The fourth-order valence-electron chi connectivity index (χ4n) is 10.4. The number of nitriles is 1. The molecule has 0 aliphatic carbocycles. The second-order valence-electron chi connectivity index (χ2n) is 18.0. The first kappa shape index (κ1) is 49.4. The molecular formula is C62H40B2Cl2N6S4. The van der Waals surface area contributed by atoms with Crippen molar-refractivity contribution in [2.75, 3.05) is 12.5 Å². The maximum Gasteiger partial charge on any atom is 0.328 e. The summed E-state index contributed by atoms with van der Waals surface area (Å²) in [6.07, 6.45) is 4.16. The number of fused-ring (bicyclic) bond motifs is 3. The van der Waals surface area contributed by atoms with Crippen molar-refractivity contribution >= 4 is 147 Å². The number of thiazole rings is 2. The van der Waals surface area contributed by atoms with Crippen molar-refractivity contribution < 1.29 is 0 Å². The van der Waals surface area contributed by atoms with Crippen LogP contribution in [0.15, 0.2) is 216 Å². The molecule has 0 N–H and O–H groups in total. The molecule has 0 bridgehead atoms. The minimum Gasteiger partial charge on any atom is -0.384 e. The van der Waals surface area contributed by atoms with Gasteiger partial charge in [-0.1, -0.05) is 191 Å². The summed E-state index contributed by atoms with van der Waals surface area (Å²) in [6, 6.07) is 73.5. The van der Waals surface area contributed by atoms with Crippen molar-refractivity contribution in [3.05, 3.63) is 248 Å². The first-order valence-corrected chi connectivity index (χ1v) is 29.1. The van der Waals surface area contributed by atoms with E-state index in [4.69, 9.17) is 33.2 Å². The van der Waals surface area contributed by atoms with Gasteiger partial charge in [-0.2, -0.15) is 5.26 Å². The molecule has 0 atom stereocenters. The van der Waals surface area contributed by atoms with E-state index in [1.54, 1.807) is 23.5 Å². The highest BCUT2D eigenvalue weighted by Gasteiger charge is 2.37. The van der Waals surface area contributed by atoms with Crippen LogP contribution in [0.5, 0.6) is 0 Å². The Morgan fingerprint density at radius 1 is 0.526 bits per heavy atom. The van der Waals surface area contributed by atoms with Crippen LogP contribution < -0.4 is 32.5 Å². The predicted octanol–water partition coefficient (Wildman–Crippen LogP) is 12.9. The van der Waals surface area contributed by atoms with Crippen LogP contribution in [0.2, 0.25) is 10.0 Å². The van der Waals surface area contributed by atoms with E-state index in [1.165, 1.54) is 22.7 Å². The molecule has 0 spiro atoms.